The summed E-state index contributed by atoms with van der Waals surface area (Å²) in [5, 5.41) is 0. The van der Waals surface area contributed by atoms with Crippen LogP contribution in [0.2, 0.25) is 0 Å². The van der Waals surface area contributed by atoms with Gasteiger partial charge in [0.1, 0.15) is 0 Å². The molecular weight excluding hydrogens is 232 g/mol. The van der Waals surface area contributed by atoms with E-state index in [1.54, 1.807) is 0 Å². The van der Waals surface area contributed by atoms with E-state index in [0.717, 1.165) is 12.3 Å². The molecule has 0 amide bonds. The molecule has 1 aromatic heterocycles. The molecule has 0 spiro atoms. The fourth-order valence-electron chi connectivity index (χ4n) is 4.28. The minimum Gasteiger partial charge on any atom is -0.348 e. The first-order chi connectivity index (χ1) is 8.98. The second kappa shape index (κ2) is 4.66. The zero-order valence-electron chi connectivity index (χ0n) is 12.7. The Labute approximate surface area is 117 Å². The highest BCUT2D eigenvalue weighted by atomic mass is 15.0. The van der Waals surface area contributed by atoms with E-state index in [0.29, 0.717) is 11.5 Å². The van der Waals surface area contributed by atoms with Crippen molar-refractivity contribution in [3.05, 3.63) is 23.5 Å². The Hall–Kier alpha value is -0.760. The van der Waals surface area contributed by atoms with Gasteiger partial charge in [0.05, 0.1) is 0 Å². The van der Waals surface area contributed by atoms with Crippen LogP contribution < -0.4 is 5.73 Å². The van der Waals surface area contributed by atoms with Gasteiger partial charge < -0.3 is 10.3 Å². The summed E-state index contributed by atoms with van der Waals surface area (Å²) in [6.45, 7) is 7.14. The van der Waals surface area contributed by atoms with E-state index in [9.17, 15) is 0 Å². The summed E-state index contributed by atoms with van der Waals surface area (Å²) in [7, 11) is 0. The smallest absolute Gasteiger partial charge is 0.0359 e. The molecule has 106 valence electrons. The SMILES string of the molecule is CC1CCCCC1n1ccc2c1CC(C)(C)CC2N. The van der Waals surface area contributed by atoms with Crippen molar-refractivity contribution in [3.63, 3.8) is 0 Å². The van der Waals surface area contributed by atoms with Gasteiger partial charge in [0.15, 0.2) is 0 Å². The van der Waals surface area contributed by atoms with Gasteiger partial charge in [0.2, 0.25) is 0 Å². The van der Waals surface area contributed by atoms with Gasteiger partial charge in [0.25, 0.3) is 0 Å². The molecule has 1 fully saturated rings. The quantitative estimate of drug-likeness (QED) is 0.805. The fourth-order valence-corrected chi connectivity index (χ4v) is 4.28. The molecule has 2 heteroatoms. The standard InChI is InChI=1S/C17H28N2/c1-12-6-4-5-7-15(12)19-9-8-13-14(18)10-17(2,3)11-16(13)19/h8-9,12,14-15H,4-7,10-11,18H2,1-3H3. The molecule has 2 nitrogen and oxygen atoms in total. The predicted octanol–water partition coefficient (Wildman–Crippen LogP) is 4.21. The largest absolute Gasteiger partial charge is 0.348 e. The summed E-state index contributed by atoms with van der Waals surface area (Å²) in [5.74, 6) is 0.812. The molecule has 2 aliphatic rings. The van der Waals surface area contributed by atoms with E-state index < -0.39 is 0 Å². The van der Waals surface area contributed by atoms with E-state index in [-0.39, 0.29) is 6.04 Å². The number of nitrogens with two attached hydrogens (primary N) is 1. The Morgan fingerprint density at radius 3 is 2.74 bits per heavy atom. The second-order valence-electron chi connectivity index (χ2n) is 7.61. The molecule has 0 saturated heterocycles. The minimum atomic E-state index is 0.235. The second-order valence-corrected chi connectivity index (χ2v) is 7.61. The third-order valence-electron chi connectivity index (χ3n) is 5.30. The average Bonchev–Trinajstić information content (AvgIpc) is 2.72. The summed E-state index contributed by atoms with van der Waals surface area (Å²) in [5.41, 5.74) is 9.68. The summed E-state index contributed by atoms with van der Waals surface area (Å²) < 4.78 is 2.58. The average molecular weight is 260 g/mol. The van der Waals surface area contributed by atoms with Crippen LogP contribution in [0.5, 0.6) is 0 Å². The van der Waals surface area contributed by atoms with Crippen LogP contribution >= 0.6 is 0 Å². The van der Waals surface area contributed by atoms with E-state index >= 15 is 0 Å². The molecule has 1 saturated carbocycles. The van der Waals surface area contributed by atoms with Gasteiger partial charge in [-0.1, -0.05) is 33.6 Å². The first-order valence-electron chi connectivity index (χ1n) is 7.93. The van der Waals surface area contributed by atoms with Crippen LogP contribution in [-0.2, 0) is 6.42 Å². The van der Waals surface area contributed by atoms with Crippen LogP contribution in [0, 0.1) is 11.3 Å². The fraction of sp³-hybridized carbons (Fsp3) is 0.765. The van der Waals surface area contributed by atoms with Crippen LogP contribution in [0.15, 0.2) is 12.3 Å². The van der Waals surface area contributed by atoms with Gasteiger partial charge in [-0.25, -0.2) is 0 Å². The van der Waals surface area contributed by atoms with Gasteiger partial charge in [-0.05, 0) is 48.6 Å². The third-order valence-corrected chi connectivity index (χ3v) is 5.30. The van der Waals surface area contributed by atoms with Crippen molar-refractivity contribution in [1.29, 1.82) is 0 Å². The van der Waals surface area contributed by atoms with Crippen molar-refractivity contribution in [2.24, 2.45) is 17.1 Å². The van der Waals surface area contributed by atoms with Crippen molar-refractivity contribution in [3.8, 4) is 0 Å². The van der Waals surface area contributed by atoms with E-state index in [2.05, 4.69) is 37.6 Å². The number of aromatic nitrogens is 1. The highest BCUT2D eigenvalue weighted by Gasteiger charge is 2.34. The molecule has 3 atom stereocenters. The summed E-state index contributed by atoms with van der Waals surface area (Å²) in [6, 6.07) is 3.23. The number of nitrogens with zero attached hydrogens (tertiary/aromatic N) is 1. The van der Waals surface area contributed by atoms with E-state index in [1.807, 2.05) is 0 Å². The number of hydrogen-bond acceptors (Lipinski definition) is 1. The molecule has 3 unspecified atom stereocenters. The van der Waals surface area contributed by atoms with Crippen LogP contribution in [0.4, 0.5) is 0 Å². The summed E-state index contributed by atoms with van der Waals surface area (Å²) in [4.78, 5) is 0. The Bertz CT molecular complexity index is 458. The molecule has 0 aliphatic heterocycles. The van der Waals surface area contributed by atoms with Crippen LogP contribution in [-0.4, -0.2) is 4.57 Å². The molecule has 19 heavy (non-hydrogen) atoms. The highest BCUT2D eigenvalue weighted by molar-refractivity contribution is 5.30. The van der Waals surface area contributed by atoms with Gasteiger partial charge >= 0.3 is 0 Å². The lowest BCUT2D eigenvalue weighted by atomic mass is 9.74. The maximum atomic E-state index is 6.39. The normalized spacial score (nSPS) is 34.0. The van der Waals surface area contributed by atoms with Crippen LogP contribution in [0.1, 0.15) is 76.2 Å². The first kappa shape index (κ1) is 13.2. The van der Waals surface area contributed by atoms with Gasteiger partial charge in [0, 0.05) is 24.0 Å². The molecule has 0 bridgehead atoms. The Morgan fingerprint density at radius 2 is 2.00 bits per heavy atom. The molecule has 3 rings (SSSR count). The Morgan fingerprint density at radius 1 is 1.26 bits per heavy atom. The zero-order valence-corrected chi connectivity index (χ0v) is 12.7. The molecule has 2 aliphatic carbocycles. The number of rotatable bonds is 1. The molecule has 2 N–H and O–H groups in total. The number of hydrogen-bond donors (Lipinski definition) is 1. The van der Waals surface area contributed by atoms with Gasteiger partial charge in [-0.3, -0.25) is 0 Å². The molecule has 0 aromatic carbocycles. The zero-order chi connectivity index (χ0) is 13.6. The highest BCUT2D eigenvalue weighted by Crippen LogP contribution is 2.43. The van der Waals surface area contributed by atoms with Crippen molar-refractivity contribution in [2.75, 3.05) is 0 Å². The Kier molecular flexibility index (Phi) is 3.24. The van der Waals surface area contributed by atoms with Crippen molar-refractivity contribution in [1.82, 2.24) is 4.57 Å². The maximum Gasteiger partial charge on any atom is 0.0359 e. The third kappa shape index (κ3) is 2.35. The lowest BCUT2D eigenvalue weighted by Gasteiger charge is -2.38. The predicted molar refractivity (Wildman–Crippen MR) is 80.1 cm³/mol. The summed E-state index contributed by atoms with van der Waals surface area (Å²) >= 11 is 0. The first-order valence-corrected chi connectivity index (χ1v) is 7.93. The lowest BCUT2D eigenvalue weighted by molar-refractivity contribution is 0.231. The lowest BCUT2D eigenvalue weighted by Crippen LogP contribution is -2.32. The van der Waals surface area contributed by atoms with E-state index in [1.165, 1.54) is 43.4 Å². The van der Waals surface area contributed by atoms with Crippen molar-refractivity contribution < 1.29 is 0 Å². The monoisotopic (exact) mass is 260 g/mol. The molecule has 0 radical (unpaired) electrons. The van der Waals surface area contributed by atoms with Crippen LogP contribution in [0.25, 0.3) is 0 Å². The summed E-state index contributed by atoms with van der Waals surface area (Å²) in [6.07, 6.45) is 10.1. The molecule has 1 aromatic rings. The van der Waals surface area contributed by atoms with Gasteiger partial charge in [-0.2, -0.15) is 0 Å². The minimum absolute atomic E-state index is 0.235. The van der Waals surface area contributed by atoms with Crippen molar-refractivity contribution in [2.45, 2.75) is 71.4 Å². The number of fused-ring (bicyclic) bond motifs is 1. The molecule has 1 heterocycles. The molecular formula is C17H28N2. The van der Waals surface area contributed by atoms with Crippen LogP contribution in [0.3, 0.4) is 0 Å². The van der Waals surface area contributed by atoms with Gasteiger partial charge in [-0.15, -0.1) is 0 Å². The maximum absolute atomic E-state index is 6.39. The Balaban J connectivity index is 1.96. The van der Waals surface area contributed by atoms with Crippen molar-refractivity contribution >= 4 is 0 Å². The topological polar surface area (TPSA) is 30.9 Å². The van der Waals surface area contributed by atoms with E-state index in [4.69, 9.17) is 5.73 Å².